The molecule has 0 saturated carbocycles. The first-order chi connectivity index (χ1) is 7.66. The third-order valence-electron chi connectivity index (χ3n) is 2.37. The number of hydrogen-bond donors (Lipinski definition) is 1. The van der Waals surface area contributed by atoms with Gasteiger partial charge in [0.25, 0.3) is 0 Å². The molecular weight excluding hydrogens is 240 g/mol. The molecule has 0 radical (unpaired) electrons. The van der Waals surface area contributed by atoms with Crippen molar-refractivity contribution in [1.82, 2.24) is 4.98 Å². The quantitative estimate of drug-likeness (QED) is 0.882. The number of thiazole rings is 1. The Bertz CT molecular complexity index is 468. The number of benzene rings is 1. The smallest absolute Gasteiger partial charge is 0.0795 e. The number of nitrogens with one attached hydrogen (secondary N) is 1. The minimum atomic E-state index is 0.229. The molecule has 2 aromatic rings. The summed E-state index contributed by atoms with van der Waals surface area (Å²) in [5, 5.41) is 4.14. The Morgan fingerprint density at radius 3 is 2.88 bits per heavy atom. The van der Waals surface area contributed by atoms with Crippen LogP contribution in [0.5, 0.6) is 0 Å². The highest BCUT2D eigenvalue weighted by molar-refractivity contribution is 7.09. The second-order valence-electron chi connectivity index (χ2n) is 3.75. The molecule has 0 aliphatic heterocycles. The molecule has 0 aliphatic carbocycles. The molecule has 0 saturated heterocycles. The monoisotopic (exact) mass is 252 g/mol. The fourth-order valence-electron chi connectivity index (χ4n) is 1.48. The van der Waals surface area contributed by atoms with E-state index in [-0.39, 0.29) is 6.04 Å². The van der Waals surface area contributed by atoms with E-state index in [4.69, 9.17) is 11.6 Å². The van der Waals surface area contributed by atoms with Crippen molar-refractivity contribution in [3.63, 3.8) is 0 Å². The summed E-state index contributed by atoms with van der Waals surface area (Å²) in [6.07, 6.45) is 1.88. The SMILES string of the molecule is Cc1ccc(NC(C)c2cncs2)c(Cl)c1. The van der Waals surface area contributed by atoms with Crippen LogP contribution < -0.4 is 5.32 Å². The Morgan fingerprint density at radius 1 is 1.44 bits per heavy atom. The Labute approximate surface area is 104 Å². The van der Waals surface area contributed by atoms with Crippen LogP contribution in [0.1, 0.15) is 23.4 Å². The van der Waals surface area contributed by atoms with Crippen LogP contribution in [0, 0.1) is 6.92 Å². The lowest BCUT2D eigenvalue weighted by atomic mass is 10.2. The van der Waals surface area contributed by atoms with Gasteiger partial charge in [-0.3, -0.25) is 4.98 Å². The number of rotatable bonds is 3. The molecule has 2 nitrogen and oxygen atoms in total. The topological polar surface area (TPSA) is 24.9 Å². The summed E-state index contributed by atoms with van der Waals surface area (Å²) < 4.78 is 0. The van der Waals surface area contributed by atoms with E-state index in [9.17, 15) is 0 Å². The van der Waals surface area contributed by atoms with Crippen molar-refractivity contribution in [3.05, 3.63) is 45.4 Å². The van der Waals surface area contributed by atoms with Gasteiger partial charge in [-0.05, 0) is 31.5 Å². The third kappa shape index (κ3) is 2.54. The summed E-state index contributed by atoms with van der Waals surface area (Å²) in [4.78, 5) is 5.27. The number of aryl methyl sites for hydroxylation is 1. The Balaban J connectivity index is 2.15. The molecule has 0 aliphatic rings. The summed E-state index contributed by atoms with van der Waals surface area (Å²) in [5.41, 5.74) is 3.97. The van der Waals surface area contributed by atoms with E-state index in [1.807, 2.05) is 36.8 Å². The standard InChI is InChI=1S/C12H13ClN2S/c1-8-3-4-11(10(13)5-8)15-9(2)12-6-14-7-16-12/h3-7,9,15H,1-2H3. The predicted molar refractivity (Wildman–Crippen MR) is 70.3 cm³/mol. The van der Waals surface area contributed by atoms with Crippen molar-refractivity contribution in [2.45, 2.75) is 19.9 Å². The molecule has 1 atom stereocenters. The van der Waals surface area contributed by atoms with Crippen LogP contribution >= 0.6 is 22.9 Å². The average molecular weight is 253 g/mol. The Hall–Kier alpha value is -1.06. The zero-order valence-corrected chi connectivity index (χ0v) is 10.8. The molecule has 0 spiro atoms. The van der Waals surface area contributed by atoms with Crippen LogP contribution in [0.15, 0.2) is 29.9 Å². The molecule has 1 aromatic carbocycles. The molecule has 1 aromatic heterocycles. The van der Waals surface area contributed by atoms with Crippen molar-refractivity contribution < 1.29 is 0 Å². The molecule has 2 rings (SSSR count). The van der Waals surface area contributed by atoms with Gasteiger partial charge in [0.15, 0.2) is 0 Å². The minimum Gasteiger partial charge on any atom is -0.376 e. The number of anilines is 1. The van der Waals surface area contributed by atoms with Gasteiger partial charge in [-0.1, -0.05) is 17.7 Å². The van der Waals surface area contributed by atoms with Gasteiger partial charge in [0.1, 0.15) is 0 Å². The molecule has 1 unspecified atom stereocenters. The van der Waals surface area contributed by atoms with E-state index in [0.717, 1.165) is 10.7 Å². The zero-order valence-electron chi connectivity index (χ0n) is 9.20. The van der Waals surface area contributed by atoms with Crippen LogP contribution in [-0.4, -0.2) is 4.98 Å². The van der Waals surface area contributed by atoms with Gasteiger partial charge in [-0.2, -0.15) is 0 Å². The van der Waals surface area contributed by atoms with E-state index in [1.54, 1.807) is 11.3 Å². The second kappa shape index (κ2) is 4.85. The first-order valence-corrected chi connectivity index (χ1v) is 6.33. The molecule has 0 fully saturated rings. The van der Waals surface area contributed by atoms with Crippen LogP contribution in [0.3, 0.4) is 0 Å². The molecule has 16 heavy (non-hydrogen) atoms. The molecule has 0 amide bonds. The molecule has 4 heteroatoms. The second-order valence-corrected chi connectivity index (χ2v) is 5.08. The lowest BCUT2D eigenvalue weighted by Gasteiger charge is -2.14. The van der Waals surface area contributed by atoms with Gasteiger partial charge < -0.3 is 5.32 Å². The average Bonchev–Trinajstić information content (AvgIpc) is 2.75. The van der Waals surface area contributed by atoms with E-state index >= 15 is 0 Å². The van der Waals surface area contributed by atoms with Crippen LogP contribution in [0.25, 0.3) is 0 Å². The summed E-state index contributed by atoms with van der Waals surface area (Å²) in [6.45, 7) is 4.13. The summed E-state index contributed by atoms with van der Waals surface area (Å²) >= 11 is 7.80. The number of nitrogens with zero attached hydrogens (tertiary/aromatic N) is 1. The first-order valence-electron chi connectivity index (χ1n) is 5.08. The zero-order chi connectivity index (χ0) is 11.5. The molecule has 1 heterocycles. The summed E-state index contributed by atoms with van der Waals surface area (Å²) in [5.74, 6) is 0. The van der Waals surface area contributed by atoms with E-state index in [1.165, 1.54) is 10.4 Å². The molecule has 1 N–H and O–H groups in total. The largest absolute Gasteiger partial charge is 0.376 e. The van der Waals surface area contributed by atoms with Crippen molar-refractivity contribution in [2.75, 3.05) is 5.32 Å². The molecule has 84 valence electrons. The van der Waals surface area contributed by atoms with E-state index in [0.29, 0.717) is 0 Å². The summed E-state index contributed by atoms with van der Waals surface area (Å²) in [7, 11) is 0. The highest BCUT2D eigenvalue weighted by Crippen LogP contribution is 2.28. The number of aromatic nitrogens is 1. The van der Waals surface area contributed by atoms with Gasteiger partial charge in [-0.15, -0.1) is 11.3 Å². The van der Waals surface area contributed by atoms with Gasteiger partial charge in [0, 0.05) is 11.1 Å². The number of halogens is 1. The molecule has 0 bridgehead atoms. The maximum atomic E-state index is 6.16. The highest BCUT2D eigenvalue weighted by Gasteiger charge is 2.08. The Kier molecular flexibility index (Phi) is 3.46. The van der Waals surface area contributed by atoms with Gasteiger partial charge in [0.05, 0.1) is 22.3 Å². The van der Waals surface area contributed by atoms with Crippen molar-refractivity contribution >= 4 is 28.6 Å². The lowest BCUT2D eigenvalue weighted by molar-refractivity contribution is 0.903. The van der Waals surface area contributed by atoms with Gasteiger partial charge in [0.2, 0.25) is 0 Å². The maximum absolute atomic E-state index is 6.16. The summed E-state index contributed by atoms with van der Waals surface area (Å²) in [6, 6.07) is 6.25. The van der Waals surface area contributed by atoms with Crippen LogP contribution in [-0.2, 0) is 0 Å². The fourth-order valence-corrected chi connectivity index (χ4v) is 2.40. The van der Waals surface area contributed by atoms with Gasteiger partial charge >= 0.3 is 0 Å². The highest BCUT2D eigenvalue weighted by atomic mass is 35.5. The fraction of sp³-hybridized carbons (Fsp3) is 0.250. The van der Waals surface area contributed by atoms with Crippen molar-refractivity contribution in [2.24, 2.45) is 0 Å². The third-order valence-corrected chi connectivity index (χ3v) is 3.65. The van der Waals surface area contributed by atoms with Crippen LogP contribution in [0.4, 0.5) is 5.69 Å². The van der Waals surface area contributed by atoms with Gasteiger partial charge in [-0.25, -0.2) is 0 Å². The van der Waals surface area contributed by atoms with Crippen molar-refractivity contribution in [1.29, 1.82) is 0 Å². The van der Waals surface area contributed by atoms with E-state index < -0.39 is 0 Å². The number of hydrogen-bond acceptors (Lipinski definition) is 3. The normalized spacial score (nSPS) is 12.4. The van der Waals surface area contributed by atoms with Crippen LogP contribution in [0.2, 0.25) is 5.02 Å². The lowest BCUT2D eigenvalue weighted by Crippen LogP contribution is -2.05. The van der Waals surface area contributed by atoms with Crippen molar-refractivity contribution in [3.8, 4) is 0 Å². The van der Waals surface area contributed by atoms with E-state index in [2.05, 4.69) is 17.2 Å². The predicted octanol–water partition coefficient (Wildman–Crippen LogP) is 4.28. The Morgan fingerprint density at radius 2 is 2.25 bits per heavy atom. The maximum Gasteiger partial charge on any atom is 0.0795 e. The molecular formula is C12H13ClN2S. The minimum absolute atomic E-state index is 0.229. The first kappa shape index (κ1) is 11.4.